The highest BCUT2D eigenvalue weighted by atomic mass is 35.5. The van der Waals surface area contributed by atoms with Crippen molar-refractivity contribution in [3.8, 4) is 0 Å². The van der Waals surface area contributed by atoms with E-state index in [1.165, 1.54) is 25.9 Å². The van der Waals surface area contributed by atoms with Gasteiger partial charge in [0, 0.05) is 29.7 Å². The first-order chi connectivity index (χ1) is 11.7. The van der Waals surface area contributed by atoms with E-state index in [4.69, 9.17) is 16.3 Å². The van der Waals surface area contributed by atoms with Crippen LogP contribution in [0, 0.1) is 0 Å². The van der Waals surface area contributed by atoms with Crippen molar-refractivity contribution in [2.75, 3.05) is 32.8 Å². The summed E-state index contributed by atoms with van der Waals surface area (Å²) in [6.07, 6.45) is 5.68. The molecule has 130 valence electrons. The highest BCUT2D eigenvalue weighted by Gasteiger charge is 2.45. The summed E-state index contributed by atoms with van der Waals surface area (Å²) in [5.74, 6) is 0.0847. The van der Waals surface area contributed by atoms with Crippen molar-refractivity contribution in [1.82, 2.24) is 9.80 Å². The molecule has 0 bridgehead atoms. The standard InChI is InChI=1S/C19H25ClN2O2/c20-16-5-3-4-15(12-16)18(23)22-10-6-19(7-11-22)13-17(14-24-19)21-8-1-2-9-21/h3-5,12,17H,1-2,6-11,13-14H2/t17-/m0/s1. The monoisotopic (exact) mass is 348 g/mol. The molecule has 1 atom stereocenters. The molecular weight excluding hydrogens is 324 g/mol. The number of halogens is 1. The van der Waals surface area contributed by atoms with E-state index in [1.54, 1.807) is 12.1 Å². The SMILES string of the molecule is O=C(c1cccc(Cl)c1)N1CCC2(CC1)C[C@H](N1CCCC1)CO2. The van der Waals surface area contributed by atoms with E-state index >= 15 is 0 Å². The minimum absolute atomic E-state index is 0.00162. The van der Waals surface area contributed by atoms with Crippen molar-refractivity contribution in [2.45, 2.75) is 43.7 Å². The molecule has 3 saturated heterocycles. The lowest BCUT2D eigenvalue weighted by Crippen LogP contribution is -2.47. The van der Waals surface area contributed by atoms with Crippen LogP contribution < -0.4 is 0 Å². The Kier molecular flexibility index (Phi) is 4.54. The van der Waals surface area contributed by atoms with Crippen LogP contribution in [0.15, 0.2) is 24.3 Å². The number of benzene rings is 1. The molecule has 1 aromatic carbocycles. The average Bonchev–Trinajstić information content (AvgIpc) is 3.25. The molecule has 4 nitrogen and oxygen atoms in total. The zero-order valence-corrected chi connectivity index (χ0v) is 14.8. The number of rotatable bonds is 2. The van der Waals surface area contributed by atoms with Crippen molar-refractivity contribution in [3.05, 3.63) is 34.9 Å². The first-order valence-corrected chi connectivity index (χ1v) is 9.46. The van der Waals surface area contributed by atoms with Crippen LogP contribution in [0.3, 0.4) is 0 Å². The van der Waals surface area contributed by atoms with Gasteiger partial charge < -0.3 is 9.64 Å². The lowest BCUT2D eigenvalue weighted by atomic mass is 9.87. The van der Waals surface area contributed by atoms with E-state index in [-0.39, 0.29) is 11.5 Å². The maximum absolute atomic E-state index is 12.6. The molecule has 4 rings (SSSR count). The van der Waals surface area contributed by atoms with E-state index in [2.05, 4.69) is 4.90 Å². The first-order valence-electron chi connectivity index (χ1n) is 9.08. The minimum Gasteiger partial charge on any atom is -0.373 e. The molecule has 0 aromatic heterocycles. The van der Waals surface area contributed by atoms with Gasteiger partial charge in [-0.15, -0.1) is 0 Å². The summed E-state index contributed by atoms with van der Waals surface area (Å²) in [6, 6.07) is 7.82. The van der Waals surface area contributed by atoms with Crippen molar-refractivity contribution < 1.29 is 9.53 Å². The van der Waals surface area contributed by atoms with E-state index in [1.807, 2.05) is 17.0 Å². The molecular formula is C19H25ClN2O2. The number of hydrogen-bond donors (Lipinski definition) is 0. The second-order valence-corrected chi connectivity index (χ2v) is 7.83. The Hall–Kier alpha value is -1.10. The van der Waals surface area contributed by atoms with Crippen LogP contribution in [0.5, 0.6) is 0 Å². The van der Waals surface area contributed by atoms with Gasteiger partial charge in [-0.3, -0.25) is 9.69 Å². The zero-order chi connectivity index (χ0) is 16.6. The predicted octanol–water partition coefficient (Wildman–Crippen LogP) is 3.20. The topological polar surface area (TPSA) is 32.8 Å². The van der Waals surface area contributed by atoms with Crippen molar-refractivity contribution in [2.24, 2.45) is 0 Å². The van der Waals surface area contributed by atoms with Crippen LogP contribution in [-0.2, 0) is 4.74 Å². The van der Waals surface area contributed by atoms with Gasteiger partial charge in [-0.2, -0.15) is 0 Å². The Labute approximate surface area is 148 Å². The molecule has 0 unspecified atom stereocenters. The molecule has 3 aliphatic rings. The number of carbonyl (C=O) groups is 1. The molecule has 1 amide bonds. The maximum atomic E-state index is 12.6. The van der Waals surface area contributed by atoms with Crippen LogP contribution in [-0.4, -0.2) is 60.1 Å². The molecule has 0 N–H and O–H groups in total. The molecule has 0 aliphatic carbocycles. The summed E-state index contributed by atoms with van der Waals surface area (Å²) in [4.78, 5) is 17.2. The largest absolute Gasteiger partial charge is 0.373 e. The van der Waals surface area contributed by atoms with Gasteiger partial charge in [-0.1, -0.05) is 17.7 Å². The van der Waals surface area contributed by atoms with E-state index in [0.29, 0.717) is 16.6 Å². The highest BCUT2D eigenvalue weighted by molar-refractivity contribution is 6.30. The fraction of sp³-hybridized carbons (Fsp3) is 0.632. The van der Waals surface area contributed by atoms with E-state index < -0.39 is 0 Å². The Morgan fingerprint density at radius 2 is 1.92 bits per heavy atom. The van der Waals surface area contributed by atoms with Gasteiger partial charge in [-0.05, 0) is 63.4 Å². The Morgan fingerprint density at radius 1 is 1.17 bits per heavy atom. The summed E-state index contributed by atoms with van der Waals surface area (Å²) in [6.45, 7) is 4.87. The van der Waals surface area contributed by atoms with Crippen LogP contribution in [0.4, 0.5) is 0 Å². The molecule has 3 aliphatic heterocycles. The second-order valence-electron chi connectivity index (χ2n) is 7.40. The molecule has 3 heterocycles. The maximum Gasteiger partial charge on any atom is 0.253 e. The summed E-state index contributed by atoms with van der Waals surface area (Å²) in [7, 11) is 0. The number of nitrogens with zero attached hydrogens (tertiary/aromatic N) is 2. The Bertz CT molecular complexity index is 607. The third-order valence-electron chi connectivity index (χ3n) is 5.88. The molecule has 0 radical (unpaired) electrons. The quantitative estimate of drug-likeness (QED) is 0.822. The van der Waals surface area contributed by atoms with Gasteiger partial charge in [0.15, 0.2) is 0 Å². The Morgan fingerprint density at radius 3 is 2.62 bits per heavy atom. The highest BCUT2D eigenvalue weighted by Crippen LogP contribution is 2.38. The van der Waals surface area contributed by atoms with Gasteiger partial charge in [0.1, 0.15) is 0 Å². The van der Waals surface area contributed by atoms with Crippen LogP contribution in [0.25, 0.3) is 0 Å². The van der Waals surface area contributed by atoms with E-state index in [9.17, 15) is 4.79 Å². The summed E-state index contributed by atoms with van der Waals surface area (Å²) in [5, 5.41) is 0.613. The lowest BCUT2D eigenvalue weighted by Gasteiger charge is -2.39. The van der Waals surface area contributed by atoms with Crippen molar-refractivity contribution in [3.63, 3.8) is 0 Å². The molecule has 0 saturated carbocycles. The van der Waals surface area contributed by atoms with Crippen molar-refractivity contribution in [1.29, 1.82) is 0 Å². The van der Waals surface area contributed by atoms with Gasteiger partial charge in [0.05, 0.1) is 12.2 Å². The normalized spacial score (nSPS) is 27.0. The molecule has 5 heteroatoms. The predicted molar refractivity (Wildman–Crippen MR) is 94.5 cm³/mol. The van der Waals surface area contributed by atoms with Crippen LogP contribution in [0.2, 0.25) is 5.02 Å². The molecule has 3 fully saturated rings. The van der Waals surface area contributed by atoms with Gasteiger partial charge >= 0.3 is 0 Å². The van der Waals surface area contributed by atoms with Crippen LogP contribution in [0.1, 0.15) is 42.5 Å². The molecule has 1 spiro atoms. The van der Waals surface area contributed by atoms with Gasteiger partial charge in [-0.25, -0.2) is 0 Å². The number of likely N-dealkylation sites (tertiary alicyclic amines) is 2. The summed E-state index contributed by atoms with van der Waals surface area (Å²) in [5.41, 5.74) is 0.680. The van der Waals surface area contributed by atoms with Crippen LogP contribution >= 0.6 is 11.6 Å². The average molecular weight is 349 g/mol. The summed E-state index contributed by atoms with van der Waals surface area (Å²) < 4.78 is 6.26. The fourth-order valence-electron chi connectivity index (χ4n) is 4.43. The smallest absolute Gasteiger partial charge is 0.253 e. The second kappa shape index (κ2) is 6.66. The number of hydrogen-bond acceptors (Lipinski definition) is 3. The fourth-order valence-corrected chi connectivity index (χ4v) is 4.62. The summed E-state index contributed by atoms with van der Waals surface area (Å²) >= 11 is 6.01. The van der Waals surface area contributed by atoms with E-state index in [0.717, 1.165) is 39.0 Å². The van der Waals surface area contributed by atoms with Crippen molar-refractivity contribution >= 4 is 17.5 Å². The first kappa shape index (κ1) is 16.4. The number of piperidine rings is 1. The third-order valence-corrected chi connectivity index (χ3v) is 6.12. The lowest BCUT2D eigenvalue weighted by molar-refractivity contribution is -0.0393. The van der Waals surface area contributed by atoms with Gasteiger partial charge in [0.25, 0.3) is 5.91 Å². The molecule has 24 heavy (non-hydrogen) atoms. The number of amides is 1. The number of ether oxygens (including phenoxy) is 1. The number of carbonyl (C=O) groups excluding carboxylic acids is 1. The molecule has 1 aromatic rings. The third kappa shape index (κ3) is 3.19. The zero-order valence-electron chi connectivity index (χ0n) is 14.0. The Balaban J connectivity index is 1.36. The minimum atomic E-state index is -0.00162. The van der Waals surface area contributed by atoms with Gasteiger partial charge in [0.2, 0.25) is 0 Å².